The fourth-order valence-electron chi connectivity index (χ4n) is 2.82. The first-order valence-corrected chi connectivity index (χ1v) is 8.73. The van der Waals surface area contributed by atoms with Gasteiger partial charge in [-0.2, -0.15) is 5.10 Å². The van der Waals surface area contributed by atoms with Gasteiger partial charge in [0.15, 0.2) is 5.69 Å². The second kappa shape index (κ2) is 7.81. The van der Waals surface area contributed by atoms with Crippen molar-refractivity contribution in [2.24, 2.45) is 7.05 Å². The molecule has 0 aliphatic rings. The molecule has 2 aromatic heterocycles. The van der Waals surface area contributed by atoms with Gasteiger partial charge in [0.2, 0.25) is 5.56 Å². The molecule has 0 fully saturated rings. The number of halogens is 1. The first-order chi connectivity index (χ1) is 12.9. The van der Waals surface area contributed by atoms with Crippen LogP contribution in [-0.2, 0) is 18.3 Å². The lowest BCUT2D eigenvalue weighted by Crippen LogP contribution is -2.14. The number of aromatic nitrogens is 3. The van der Waals surface area contributed by atoms with E-state index in [2.05, 4.69) is 10.4 Å². The normalized spacial score (nSPS) is 11.1. The van der Waals surface area contributed by atoms with E-state index in [1.54, 1.807) is 36.1 Å². The largest absolute Gasteiger partial charge is 0.476 e. The molecular weight excluding hydrogens is 372 g/mol. The van der Waals surface area contributed by atoms with Crippen LogP contribution < -0.4 is 10.9 Å². The quantitative estimate of drug-likeness (QED) is 0.602. The summed E-state index contributed by atoms with van der Waals surface area (Å²) >= 11 is 6.21. The maximum absolute atomic E-state index is 11.6. The highest BCUT2D eigenvalue weighted by molar-refractivity contribution is 6.32. The predicted molar refractivity (Wildman–Crippen MR) is 103 cm³/mol. The number of aromatic carboxylic acids is 1. The Bertz CT molecular complexity index is 1060. The Morgan fingerprint density at radius 1 is 1.37 bits per heavy atom. The number of rotatable bonds is 7. The lowest BCUT2D eigenvalue weighted by molar-refractivity contribution is 0.0690. The van der Waals surface area contributed by atoms with Gasteiger partial charge < -0.3 is 19.7 Å². The molecular formula is C18H19ClN4O4. The molecule has 3 rings (SSSR count). The first kappa shape index (κ1) is 18.9. The van der Waals surface area contributed by atoms with Crippen molar-refractivity contribution in [1.82, 2.24) is 14.3 Å². The van der Waals surface area contributed by atoms with Crippen LogP contribution in [-0.4, -0.2) is 38.6 Å². The summed E-state index contributed by atoms with van der Waals surface area (Å²) in [5.74, 6) is -1.13. The number of anilines is 2. The number of fused-ring (bicyclic) bond motifs is 1. The number of carboxylic acids is 1. The van der Waals surface area contributed by atoms with Crippen molar-refractivity contribution in [2.45, 2.75) is 13.5 Å². The lowest BCUT2D eigenvalue weighted by Gasteiger charge is -2.12. The molecule has 0 saturated heterocycles. The molecule has 0 aliphatic carbocycles. The van der Waals surface area contributed by atoms with Crippen LogP contribution >= 0.6 is 11.6 Å². The summed E-state index contributed by atoms with van der Waals surface area (Å²) in [6.07, 6.45) is 1.65. The second-order valence-corrected chi connectivity index (χ2v) is 6.35. The minimum atomic E-state index is -1.13. The Labute approximate surface area is 159 Å². The third-order valence-electron chi connectivity index (χ3n) is 4.03. The van der Waals surface area contributed by atoms with E-state index < -0.39 is 5.97 Å². The molecule has 2 N–H and O–H groups in total. The van der Waals surface area contributed by atoms with Crippen molar-refractivity contribution in [3.8, 4) is 0 Å². The molecule has 142 valence electrons. The molecule has 9 heteroatoms. The minimum Gasteiger partial charge on any atom is -0.476 e. The number of carboxylic acid groups (broad SMARTS) is 1. The zero-order valence-corrected chi connectivity index (χ0v) is 15.7. The van der Waals surface area contributed by atoms with Crippen molar-refractivity contribution in [1.29, 1.82) is 0 Å². The number of nitrogens with zero attached hydrogens (tertiary/aromatic N) is 3. The Kier molecular flexibility index (Phi) is 5.48. The van der Waals surface area contributed by atoms with Crippen LogP contribution in [0.5, 0.6) is 0 Å². The molecule has 27 heavy (non-hydrogen) atoms. The van der Waals surface area contributed by atoms with E-state index in [1.807, 2.05) is 6.92 Å². The topological polar surface area (TPSA) is 98.4 Å². The van der Waals surface area contributed by atoms with Crippen molar-refractivity contribution >= 4 is 39.8 Å². The van der Waals surface area contributed by atoms with Crippen LogP contribution in [0.1, 0.15) is 17.4 Å². The monoisotopic (exact) mass is 390 g/mol. The third kappa shape index (κ3) is 3.96. The van der Waals surface area contributed by atoms with Crippen LogP contribution in [0.3, 0.4) is 0 Å². The van der Waals surface area contributed by atoms with Gasteiger partial charge in [0.1, 0.15) is 0 Å². The summed E-state index contributed by atoms with van der Waals surface area (Å²) in [7, 11) is 1.65. The molecule has 1 aromatic carbocycles. The van der Waals surface area contributed by atoms with E-state index in [1.165, 1.54) is 10.6 Å². The molecule has 8 nitrogen and oxygen atoms in total. The van der Waals surface area contributed by atoms with Gasteiger partial charge in [0.25, 0.3) is 0 Å². The van der Waals surface area contributed by atoms with Crippen molar-refractivity contribution in [2.75, 3.05) is 18.5 Å². The van der Waals surface area contributed by atoms with E-state index in [9.17, 15) is 14.7 Å². The Morgan fingerprint density at radius 3 is 2.81 bits per heavy atom. The Morgan fingerprint density at radius 2 is 2.15 bits per heavy atom. The molecule has 0 aliphatic heterocycles. The van der Waals surface area contributed by atoms with Gasteiger partial charge in [0, 0.05) is 36.3 Å². The van der Waals surface area contributed by atoms with E-state index in [-0.39, 0.29) is 11.3 Å². The van der Waals surface area contributed by atoms with E-state index in [0.29, 0.717) is 47.1 Å². The van der Waals surface area contributed by atoms with E-state index in [4.69, 9.17) is 16.3 Å². The third-order valence-corrected chi connectivity index (χ3v) is 4.25. The Hall–Kier alpha value is -2.84. The summed E-state index contributed by atoms with van der Waals surface area (Å²) < 4.78 is 8.41. The number of ether oxygens (including phenoxy) is 1. The average Bonchev–Trinajstić information content (AvgIpc) is 2.97. The molecule has 0 amide bonds. The van der Waals surface area contributed by atoms with Crippen LogP contribution in [0.4, 0.5) is 11.4 Å². The number of pyridine rings is 1. The van der Waals surface area contributed by atoms with E-state index in [0.717, 1.165) is 0 Å². The summed E-state index contributed by atoms with van der Waals surface area (Å²) in [5.41, 5.74) is 1.65. The predicted octanol–water partition coefficient (Wildman–Crippen LogP) is 2.87. The van der Waals surface area contributed by atoms with Gasteiger partial charge in [-0.15, -0.1) is 0 Å². The van der Waals surface area contributed by atoms with Crippen LogP contribution in [0.2, 0.25) is 5.02 Å². The smallest absolute Gasteiger partial charge is 0.357 e. The Balaban J connectivity index is 2.13. The molecule has 0 radical (unpaired) electrons. The van der Waals surface area contributed by atoms with Gasteiger partial charge >= 0.3 is 5.97 Å². The number of hydrogen-bond acceptors (Lipinski definition) is 5. The highest BCUT2D eigenvalue weighted by atomic mass is 35.5. The maximum Gasteiger partial charge on any atom is 0.357 e. The zero-order chi connectivity index (χ0) is 19.6. The molecule has 3 aromatic rings. The summed E-state index contributed by atoms with van der Waals surface area (Å²) in [4.78, 5) is 23.2. The minimum absolute atomic E-state index is 0.0764. The highest BCUT2D eigenvalue weighted by Crippen LogP contribution is 2.32. The fraction of sp³-hybridized carbons (Fsp3) is 0.278. The second-order valence-electron chi connectivity index (χ2n) is 5.92. The standard InChI is InChI=1S/C18H19ClN4O4/c1-3-27-7-6-23-17-13(16(21-23)18(25)26)8-11(19)9-14(17)20-12-4-5-15(24)22(2)10-12/h4-5,8-10,20H,3,6-7H2,1-2H3,(H,25,26). The molecule has 0 unspecified atom stereocenters. The average molecular weight is 391 g/mol. The number of nitrogens with one attached hydrogen (secondary N) is 1. The highest BCUT2D eigenvalue weighted by Gasteiger charge is 2.20. The van der Waals surface area contributed by atoms with Gasteiger partial charge in [-0.1, -0.05) is 11.6 Å². The zero-order valence-electron chi connectivity index (χ0n) is 14.9. The van der Waals surface area contributed by atoms with E-state index >= 15 is 0 Å². The van der Waals surface area contributed by atoms with Gasteiger partial charge in [0.05, 0.1) is 30.0 Å². The lowest BCUT2D eigenvalue weighted by atomic mass is 10.1. The van der Waals surface area contributed by atoms with Crippen LogP contribution in [0.25, 0.3) is 10.9 Å². The SMILES string of the molecule is CCOCCn1nc(C(=O)O)c2cc(Cl)cc(Nc3ccc(=O)n(C)c3)c21. The van der Waals surface area contributed by atoms with Crippen molar-refractivity contribution in [3.63, 3.8) is 0 Å². The molecule has 0 saturated carbocycles. The van der Waals surface area contributed by atoms with Crippen molar-refractivity contribution in [3.05, 3.63) is 51.5 Å². The first-order valence-electron chi connectivity index (χ1n) is 8.35. The van der Waals surface area contributed by atoms with Crippen molar-refractivity contribution < 1.29 is 14.6 Å². The number of carbonyl (C=O) groups is 1. The summed E-state index contributed by atoms with van der Waals surface area (Å²) in [5, 5.41) is 17.7. The summed E-state index contributed by atoms with van der Waals surface area (Å²) in [6, 6.07) is 6.36. The molecule has 0 spiro atoms. The van der Waals surface area contributed by atoms with Gasteiger partial charge in [-0.3, -0.25) is 9.48 Å². The van der Waals surface area contributed by atoms with Crippen LogP contribution in [0, 0.1) is 0 Å². The molecule has 2 heterocycles. The summed E-state index contributed by atoms with van der Waals surface area (Å²) in [6.45, 7) is 3.23. The van der Waals surface area contributed by atoms with Crippen LogP contribution in [0.15, 0.2) is 35.3 Å². The number of hydrogen-bond donors (Lipinski definition) is 2. The molecule has 0 atom stereocenters. The number of aryl methyl sites for hydroxylation is 1. The molecule has 0 bridgehead atoms. The number of benzene rings is 1. The van der Waals surface area contributed by atoms with Gasteiger partial charge in [-0.25, -0.2) is 4.79 Å². The maximum atomic E-state index is 11.6. The fourth-order valence-corrected chi connectivity index (χ4v) is 3.03. The van der Waals surface area contributed by atoms with Gasteiger partial charge in [-0.05, 0) is 25.1 Å².